The summed E-state index contributed by atoms with van der Waals surface area (Å²) in [5, 5.41) is 10.6. The molecule has 0 saturated heterocycles. The van der Waals surface area contributed by atoms with Crippen LogP contribution in [-0.4, -0.2) is 96.7 Å². The van der Waals surface area contributed by atoms with Crippen LogP contribution in [0.25, 0.3) is 0 Å². The molecule has 0 aliphatic carbocycles. The molecule has 0 heterocycles. The highest BCUT2D eigenvalue weighted by atomic mass is 31.2. The van der Waals surface area contributed by atoms with E-state index in [2.05, 4.69) is 48.5 Å². The second-order valence-corrected chi connectivity index (χ2v) is 31.8. The number of phosphoric ester groups is 2. The Balaban J connectivity index is 5.28. The third-order valence-corrected chi connectivity index (χ3v) is 20.1. The lowest BCUT2D eigenvalue weighted by atomic mass is 9.99. The highest BCUT2D eigenvalue weighted by Gasteiger charge is 2.30. The van der Waals surface area contributed by atoms with Gasteiger partial charge < -0.3 is 33.8 Å². The lowest BCUT2D eigenvalue weighted by molar-refractivity contribution is -0.161. The van der Waals surface area contributed by atoms with E-state index in [1.807, 2.05) is 0 Å². The maximum atomic E-state index is 13.1. The summed E-state index contributed by atoms with van der Waals surface area (Å²) < 4.78 is 68.6. The summed E-state index contributed by atoms with van der Waals surface area (Å²) in [5.41, 5.74) is 0. The van der Waals surface area contributed by atoms with Gasteiger partial charge >= 0.3 is 39.5 Å². The first-order valence-corrected chi connectivity index (χ1v) is 42.9. The first-order valence-electron chi connectivity index (χ1n) is 39.9. The number of unbranched alkanes of at least 4 members (excludes halogenated alkanes) is 42. The van der Waals surface area contributed by atoms with Gasteiger partial charge in [0.2, 0.25) is 0 Å². The first kappa shape index (κ1) is 94.1. The summed E-state index contributed by atoms with van der Waals surface area (Å²) in [6, 6.07) is 0. The van der Waals surface area contributed by atoms with Crippen LogP contribution < -0.4 is 0 Å². The van der Waals surface area contributed by atoms with Crippen LogP contribution in [0.1, 0.15) is 395 Å². The van der Waals surface area contributed by atoms with E-state index in [-0.39, 0.29) is 25.7 Å². The van der Waals surface area contributed by atoms with E-state index < -0.39 is 97.5 Å². The molecular formula is C77H150O17P2. The molecule has 6 atom stereocenters. The molecule has 0 aliphatic heterocycles. The molecule has 96 heavy (non-hydrogen) atoms. The number of aliphatic hydroxyl groups is 1. The van der Waals surface area contributed by atoms with E-state index in [4.69, 9.17) is 37.0 Å². The summed E-state index contributed by atoms with van der Waals surface area (Å²) in [4.78, 5) is 72.9. The standard InChI is InChI=1S/C77H150O17P2/c1-8-10-11-12-13-14-15-16-17-18-19-24-30-39-46-53-60-76(81)93-72(64-87-74(79)58-51-44-37-29-25-20-22-27-34-41-48-55-68(3)4)66-91-95(83,84)89-62-71(78)63-90-96(85,86)92-67-73(65-88-75(80)59-52-45-38-33-32-36-43-50-57-70(7)9-2)94-77(82)61-54-47-40-31-26-21-23-28-35-42-49-56-69(5)6/h68-73,78H,8-67H2,1-7H3,(H,83,84)(H,85,86)/t70?,71-,72-,73-/m1/s1. The summed E-state index contributed by atoms with van der Waals surface area (Å²) in [5.74, 6) is 0.199. The zero-order valence-corrected chi connectivity index (χ0v) is 64.6. The molecule has 3 N–H and O–H groups in total. The Morgan fingerprint density at radius 2 is 0.531 bits per heavy atom. The van der Waals surface area contributed by atoms with Gasteiger partial charge in [0.15, 0.2) is 12.2 Å². The van der Waals surface area contributed by atoms with E-state index in [9.17, 15) is 43.2 Å². The quantitative estimate of drug-likeness (QED) is 0.0222. The largest absolute Gasteiger partial charge is 0.472 e. The van der Waals surface area contributed by atoms with Gasteiger partial charge in [-0.15, -0.1) is 0 Å². The van der Waals surface area contributed by atoms with Gasteiger partial charge in [0, 0.05) is 25.7 Å². The molecule has 0 aliphatic rings. The minimum atomic E-state index is -4.96. The third kappa shape index (κ3) is 69.2. The highest BCUT2D eigenvalue weighted by molar-refractivity contribution is 7.47. The van der Waals surface area contributed by atoms with Crippen molar-refractivity contribution in [1.29, 1.82) is 0 Å². The van der Waals surface area contributed by atoms with Crippen molar-refractivity contribution in [2.24, 2.45) is 17.8 Å². The number of ether oxygens (including phenoxy) is 4. The fourth-order valence-corrected chi connectivity index (χ4v) is 13.3. The molecule has 19 heteroatoms. The van der Waals surface area contributed by atoms with Crippen molar-refractivity contribution < 1.29 is 80.2 Å². The molecule has 0 bridgehead atoms. The smallest absolute Gasteiger partial charge is 0.462 e. The van der Waals surface area contributed by atoms with Crippen molar-refractivity contribution >= 4 is 39.5 Å². The van der Waals surface area contributed by atoms with Gasteiger partial charge in [-0.3, -0.25) is 37.3 Å². The lowest BCUT2D eigenvalue weighted by Gasteiger charge is -2.21. The topological polar surface area (TPSA) is 237 Å². The minimum absolute atomic E-state index is 0.106. The second kappa shape index (κ2) is 67.5. The number of esters is 4. The van der Waals surface area contributed by atoms with Crippen molar-refractivity contribution in [3.63, 3.8) is 0 Å². The van der Waals surface area contributed by atoms with Crippen LogP contribution in [0.5, 0.6) is 0 Å². The Kier molecular flexibility index (Phi) is 66.2. The maximum Gasteiger partial charge on any atom is 0.472 e. The van der Waals surface area contributed by atoms with Gasteiger partial charge in [-0.2, -0.15) is 0 Å². The predicted octanol–water partition coefficient (Wildman–Crippen LogP) is 22.6. The summed E-state index contributed by atoms with van der Waals surface area (Å²) in [7, 11) is -9.92. The third-order valence-electron chi connectivity index (χ3n) is 18.2. The fraction of sp³-hybridized carbons (Fsp3) is 0.948. The van der Waals surface area contributed by atoms with Crippen LogP contribution in [-0.2, 0) is 65.4 Å². The number of hydrogen-bond acceptors (Lipinski definition) is 15. The molecule has 0 rings (SSSR count). The van der Waals surface area contributed by atoms with Gasteiger partial charge in [-0.05, 0) is 43.4 Å². The number of carbonyl (C=O) groups is 4. The van der Waals surface area contributed by atoms with Crippen molar-refractivity contribution in [2.75, 3.05) is 39.6 Å². The van der Waals surface area contributed by atoms with E-state index in [0.717, 1.165) is 108 Å². The van der Waals surface area contributed by atoms with E-state index in [1.165, 1.54) is 205 Å². The zero-order chi connectivity index (χ0) is 70.9. The molecule has 0 amide bonds. The molecule has 0 radical (unpaired) electrons. The van der Waals surface area contributed by atoms with Crippen LogP contribution in [0, 0.1) is 17.8 Å². The predicted molar refractivity (Wildman–Crippen MR) is 391 cm³/mol. The van der Waals surface area contributed by atoms with Crippen molar-refractivity contribution in [1.82, 2.24) is 0 Å². The molecular weight excluding hydrogens is 1260 g/mol. The van der Waals surface area contributed by atoms with Gasteiger partial charge in [-0.25, -0.2) is 9.13 Å². The van der Waals surface area contributed by atoms with Crippen molar-refractivity contribution in [2.45, 2.75) is 414 Å². The molecule has 0 saturated carbocycles. The Morgan fingerprint density at radius 1 is 0.302 bits per heavy atom. The number of carbonyl (C=O) groups excluding carboxylic acids is 4. The van der Waals surface area contributed by atoms with Crippen molar-refractivity contribution in [3.05, 3.63) is 0 Å². The number of rotatable bonds is 75. The molecule has 3 unspecified atom stereocenters. The summed E-state index contributed by atoms with van der Waals surface area (Å²) in [6.07, 6.45) is 53.9. The average Bonchev–Trinajstić information content (AvgIpc) is 1.89. The Labute approximate surface area is 588 Å². The van der Waals surface area contributed by atoms with Gasteiger partial charge in [-0.1, -0.05) is 344 Å². The monoisotopic (exact) mass is 1410 g/mol. The van der Waals surface area contributed by atoms with Crippen LogP contribution in [0.2, 0.25) is 0 Å². The lowest BCUT2D eigenvalue weighted by Crippen LogP contribution is -2.30. The van der Waals surface area contributed by atoms with Gasteiger partial charge in [0.1, 0.15) is 19.3 Å². The number of aliphatic hydroxyl groups excluding tert-OH is 1. The Morgan fingerprint density at radius 3 is 0.792 bits per heavy atom. The normalized spacial score (nSPS) is 14.3. The molecule has 0 fully saturated rings. The molecule has 0 aromatic carbocycles. The van der Waals surface area contributed by atoms with Crippen molar-refractivity contribution in [3.8, 4) is 0 Å². The summed E-state index contributed by atoms with van der Waals surface area (Å²) >= 11 is 0. The minimum Gasteiger partial charge on any atom is -0.462 e. The zero-order valence-electron chi connectivity index (χ0n) is 62.8. The fourth-order valence-electron chi connectivity index (χ4n) is 11.7. The molecule has 0 spiro atoms. The van der Waals surface area contributed by atoms with Crippen LogP contribution in [0.3, 0.4) is 0 Å². The van der Waals surface area contributed by atoms with E-state index >= 15 is 0 Å². The first-order chi connectivity index (χ1) is 46.3. The Bertz CT molecular complexity index is 1870. The molecule has 0 aromatic rings. The maximum absolute atomic E-state index is 13.1. The van der Waals surface area contributed by atoms with E-state index in [0.29, 0.717) is 25.7 Å². The molecule has 17 nitrogen and oxygen atoms in total. The van der Waals surface area contributed by atoms with Crippen LogP contribution >= 0.6 is 15.6 Å². The molecule has 570 valence electrons. The SMILES string of the molecule is CCCCCCCCCCCCCCCCCCC(=O)O[C@H](COC(=O)CCCCCCCCCCCCCC(C)C)COP(=O)(O)OC[C@@H](O)COP(=O)(O)OC[C@@H](COC(=O)CCCCCCCCCCC(C)CC)OC(=O)CCCCCCCCCCCCCC(C)C. The van der Waals surface area contributed by atoms with E-state index in [1.54, 1.807) is 0 Å². The number of hydrogen-bond donors (Lipinski definition) is 3. The number of phosphoric acid groups is 2. The Hall–Kier alpha value is -1.94. The second-order valence-electron chi connectivity index (χ2n) is 28.9. The highest BCUT2D eigenvalue weighted by Crippen LogP contribution is 2.45. The van der Waals surface area contributed by atoms with Gasteiger partial charge in [0.25, 0.3) is 0 Å². The summed E-state index contributed by atoms with van der Waals surface area (Å²) in [6.45, 7) is 11.9. The van der Waals surface area contributed by atoms with Crippen LogP contribution in [0.15, 0.2) is 0 Å². The van der Waals surface area contributed by atoms with Gasteiger partial charge in [0.05, 0.1) is 26.4 Å². The average molecular weight is 1410 g/mol. The van der Waals surface area contributed by atoms with Crippen LogP contribution in [0.4, 0.5) is 0 Å². The molecule has 0 aromatic heterocycles.